The van der Waals surface area contributed by atoms with Crippen LogP contribution in [0.25, 0.3) is 0 Å². The van der Waals surface area contributed by atoms with E-state index in [0.717, 1.165) is 12.0 Å². The third-order valence-electron chi connectivity index (χ3n) is 3.21. The molecule has 21 heavy (non-hydrogen) atoms. The van der Waals surface area contributed by atoms with Gasteiger partial charge in [-0.3, -0.25) is 15.0 Å². The van der Waals surface area contributed by atoms with Gasteiger partial charge in [-0.15, -0.1) is 10.2 Å². The first-order valence-electron chi connectivity index (χ1n) is 6.67. The van der Waals surface area contributed by atoms with Crippen LogP contribution in [0, 0.1) is 0 Å². The number of hydrogen-bond donors (Lipinski definition) is 2. The monoisotopic (exact) mass is 287 g/mol. The topological polar surface area (TPSA) is 88.9 Å². The summed E-state index contributed by atoms with van der Waals surface area (Å²) in [5, 5.41) is 9.70. The number of nitrogens with one attached hydrogen (secondary N) is 2. The molecule has 1 unspecified atom stereocenters. The summed E-state index contributed by atoms with van der Waals surface area (Å²) in [6, 6.07) is 7.46. The van der Waals surface area contributed by atoms with Gasteiger partial charge in [-0.25, -0.2) is 4.68 Å². The van der Waals surface area contributed by atoms with E-state index in [1.165, 1.54) is 17.3 Å². The summed E-state index contributed by atoms with van der Waals surface area (Å²) in [6.07, 6.45) is 3.52. The molecule has 110 valence electrons. The van der Waals surface area contributed by atoms with Crippen molar-refractivity contribution in [3.05, 3.63) is 42.5 Å². The minimum absolute atomic E-state index is 0.294. The molecule has 0 aliphatic rings. The van der Waals surface area contributed by atoms with E-state index in [1.54, 1.807) is 6.07 Å². The average molecular weight is 287 g/mol. The van der Waals surface area contributed by atoms with Crippen molar-refractivity contribution in [1.29, 1.82) is 0 Å². The second-order valence-corrected chi connectivity index (χ2v) is 4.66. The molecule has 1 aromatic carbocycles. The van der Waals surface area contributed by atoms with Crippen LogP contribution in [0.5, 0.6) is 0 Å². The molecule has 0 spiro atoms. The minimum Gasteiger partial charge on any atom is -0.317 e. The fraction of sp³-hybridized carbons (Fsp3) is 0.286. The van der Waals surface area contributed by atoms with Crippen LogP contribution in [0.2, 0.25) is 0 Å². The lowest BCUT2D eigenvalue weighted by molar-refractivity contribution is -0.133. The summed E-state index contributed by atoms with van der Waals surface area (Å²) in [6.45, 7) is 4.14. The first-order valence-corrected chi connectivity index (χ1v) is 6.67. The lowest BCUT2D eigenvalue weighted by atomic mass is 9.97. The van der Waals surface area contributed by atoms with Crippen LogP contribution in [0.3, 0.4) is 0 Å². The zero-order chi connectivity index (χ0) is 15.2. The van der Waals surface area contributed by atoms with Gasteiger partial charge in [0.05, 0.1) is 0 Å². The van der Waals surface area contributed by atoms with E-state index in [9.17, 15) is 9.59 Å². The third kappa shape index (κ3) is 3.65. The summed E-state index contributed by atoms with van der Waals surface area (Å²) >= 11 is 0. The van der Waals surface area contributed by atoms with Crippen molar-refractivity contribution in [2.24, 2.45) is 0 Å². The summed E-state index contributed by atoms with van der Waals surface area (Å²) in [5.41, 5.74) is 4.00. The number of para-hydroxylation sites is 1. The summed E-state index contributed by atoms with van der Waals surface area (Å²) in [4.78, 5) is 23.7. The molecule has 0 saturated carbocycles. The molecule has 1 aromatic heterocycles. The summed E-state index contributed by atoms with van der Waals surface area (Å²) < 4.78 is 1.21. The lowest BCUT2D eigenvalue weighted by Gasteiger charge is -2.15. The molecule has 0 bridgehead atoms. The average Bonchev–Trinajstić information content (AvgIpc) is 2.99. The quantitative estimate of drug-likeness (QED) is 0.834. The Morgan fingerprint density at radius 2 is 1.86 bits per heavy atom. The Morgan fingerprint density at radius 1 is 1.19 bits per heavy atom. The fourth-order valence-electron chi connectivity index (χ4n) is 1.87. The van der Waals surface area contributed by atoms with Crippen LogP contribution < -0.4 is 10.7 Å². The molecule has 2 amide bonds. The highest BCUT2D eigenvalue weighted by atomic mass is 16.2. The van der Waals surface area contributed by atoms with E-state index in [0.29, 0.717) is 11.6 Å². The van der Waals surface area contributed by atoms with Gasteiger partial charge in [0.2, 0.25) is 0 Å². The minimum atomic E-state index is -0.784. The maximum Gasteiger partial charge on any atom is 0.328 e. The van der Waals surface area contributed by atoms with Crippen LogP contribution in [-0.4, -0.2) is 26.7 Å². The number of aromatic nitrogens is 3. The number of nitrogens with zero attached hydrogens (tertiary/aromatic N) is 3. The second kappa shape index (κ2) is 6.65. The summed E-state index contributed by atoms with van der Waals surface area (Å²) in [7, 11) is 0. The van der Waals surface area contributed by atoms with Crippen molar-refractivity contribution in [3.8, 4) is 0 Å². The molecule has 1 atom stereocenters. The molecule has 7 nitrogen and oxygen atoms in total. The number of hydrogen-bond acceptors (Lipinski definition) is 4. The highest BCUT2D eigenvalue weighted by molar-refractivity contribution is 6.42. The van der Waals surface area contributed by atoms with E-state index in [2.05, 4.69) is 34.8 Å². The van der Waals surface area contributed by atoms with Crippen LogP contribution in [0.15, 0.2) is 36.9 Å². The molecule has 0 aliphatic carbocycles. The number of carbonyl (C=O) groups is 2. The number of rotatable bonds is 4. The smallest absolute Gasteiger partial charge is 0.317 e. The SMILES string of the molecule is CCC(C)c1ccccc1NC(=O)C(=O)Nn1cnnc1. The molecule has 0 fully saturated rings. The predicted molar refractivity (Wildman–Crippen MR) is 78.2 cm³/mol. The van der Waals surface area contributed by atoms with Gasteiger partial charge in [-0.05, 0) is 24.0 Å². The zero-order valence-electron chi connectivity index (χ0n) is 11.9. The van der Waals surface area contributed by atoms with Gasteiger partial charge in [0.15, 0.2) is 0 Å². The Morgan fingerprint density at radius 3 is 2.52 bits per heavy atom. The predicted octanol–water partition coefficient (Wildman–Crippen LogP) is 1.50. The van der Waals surface area contributed by atoms with E-state index in [4.69, 9.17) is 0 Å². The Hall–Kier alpha value is -2.70. The van der Waals surface area contributed by atoms with E-state index in [1.807, 2.05) is 18.2 Å². The Labute approximate surface area is 122 Å². The maximum atomic E-state index is 11.9. The molecule has 7 heteroatoms. The van der Waals surface area contributed by atoms with Gasteiger partial charge in [0, 0.05) is 5.69 Å². The highest BCUT2D eigenvalue weighted by Crippen LogP contribution is 2.26. The van der Waals surface area contributed by atoms with Crippen molar-refractivity contribution in [3.63, 3.8) is 0 Å². The maximum absolute atomic E-state index is 11.9. The normalized spacial score (nSPS) is 11.7. The molecule has 0 saturated heterocycles. The third-order valence-corrected chi connectivity index (χ3v) is 3.21. The number of carbonyl (C=O) groups excluding carboxylic acids is 2. The van der Waals surface area contributed by atoms with Gasteiger partial charge in [0.25, 0.3) is 0 Å². The van der Waals surface area contributed by atoms with Gasteiger partial charge in [-0.1, -0.05) is 32.0 Å². The molecule has 1 heterocycles. The van der Waals surface area contributed by atoms with E-state index in [-0.39, 0.29) is 0 Å². The largest absolute Gasteiger partial charge is 0.328 e. The fourth-order valence-corrected chi connectivity index (χ4v) is 1.87. The van der Waals surface area contributed by atoms with Crippen LogP contribution >= 0.6 is 0 Å². The molecule has 2 N–H and O–H groups in total. The zero-order valence-corrected chi connectivity index (χ0v) is 11.9. The Balaban J connectivity index is 2.07. The van der Waals surface area contributed by atoms with Gasteiger partial charge in [0.1, 0.15) is 12.7 Å². The Kier molecular flexibility index (Phi) is 4.65. The molecular weight excluding hydrogens is 270 g/mol. The van der Waals surface area contributed by atoms with Crippen LogP contribution in [0.4, 0.5) is 5.69 Å². The summed E-state index contributed by atoms with van der Waals surface area (Å²) in [5.74, 6) is -1.23. The van der Waals surface area contributed by atoms with Crippen molar-refractivity contribution < 1.29 is 9.59 Å². The van der Waals surface area contributed by atoms with Crippen LogP contribution in [0.1, 0.15) is 31.7 Å². The number of benzene rings is 1. The van der Waals surface area contributed by atoms with Crippen molar-refractivity contribution in [2.45, 2.75) is 26.2 Å². The molecule has 0 radical (unpaired) electrons. The standard InChI is InChI=1S/C14H17N5O2/c1-3-10(2)11-6-4-5-7-12(11)17-13(20)14(21)18-19-8-15-16-9-19/h4-10H,3H2,1-2H3,(H,17,20)(H,18,21). The highest BCUT2D eigenvalue weighted by Gasteiger charge is 2.17. The van der Waals surface area contributed by atoms with Crippen molar-refractivity contribution in [2.75, 3.05) is 10.7 Å². The van der Waals surface area contributed by atoms with E-state index < -0.39 is 11.8 Å². The van der Waals surface area contributed by atoms with Gasteiger partial charge in [-0.2, -0.15) is 0 Å². The van der Waals surface area contributed by atoms with Gasteiger partial charge >= 0.3 is 11.8 Å². The Bertz CT molecular complexity index is 624. The first kappa shape index (κ1) is 14.7. The van der Waals surface area contributed by atoms with Crippen molar-refractivity contribution in [1.82, 2.24) is 14.9 Å². The number of anilines is 1. The van der Waals surface area contributed by atoms with Crippen LogP contribution in [-0.2, 0) is 9.59 Å². The molecular formula is C14H17N5O2. The van der Waals surface area contributed by atoms with Crippen molar-refractivity contribution >= 4 is 17.5 Å². The lowest BCUT2D eigenvalue weighted by Crippen LogP contribution is -2.33. The molecule has 2 rings (SSSR count). The van der Waals surface area contributed by atoms with Gasteiger partial charge < -0.3 is 5.32 Å². The molecule has 2 aromatic rings. The van der Waals surface area contributed by atoms with E-state index >= 15 is 0 Å². The first-order chi connectivity index (χ1) is 10.1. The number of amides is 2. The second-order valence-electron chi connectivity index (χ2n) is 4.66. The molecule has 0 aliphatic heterocycles.